The average Bonchev–Trinajstić information content (AvgIpc) is 3.34. The summed E-state index contributed by atoms with van der Waals surface area (Å²) in [6.07, 6.45) is 0. The van der Waals surface area contributed by atoms with Crippen LogP contribution in [0.4, 0.5) is 0 Å². The predicted octanol–water partition coefficient (Wildman–Crippen LogP) is 5.20. The molecule has 0 aliphatic carbocycles. The first-order chi connectivity index (χ1) is 18.4. The second kappa shape index (κ2) is 11.6. The summed E-state index contributed by atoms with van der Waals surface area (Å²) in [4.78, 5) is 26.9. The van der Waals surface area contributed by atoms with Crippen LogP contribution in [-0.2, 0) is 4.67 Å². The molecule has 0 spiro atoms. The van der Waals surface area contributed by atoms with Gasteiger partial charge in [-0.3, -0.25) is 4.79 Å². The molecular weight excluding hydrogens is 517 g/mol. The number of ketones is 1. The molecule has 200 valence electrons. The van der Waals surface area contributed by atoms with Crippen molar-refractivity contribution in [3.63, 3.8) is 0 Å². The Hall–Kier alpha value is -4.02. The van der Waals surface area contributed by atoms with E-state index in [1.165, 1.54) is 28.4 Å². The van der Waals surface area contributed by atoms with Crippen LogP contribution >= 0.6 is 8.60 Å². The highest BCUT2D eigenvalue weighted by Crippen LogP contribution is 2.44. The van der Waals surface area contributed by atoms with E-state index in [1.54, 1.807) is 49.6 Å². The average molecular weight is 543 g/mol. The molecular formula is C26H26NO10P. The molecule has 0 saturated carbocycles. The van der Waals surface area contributed by atoms with Gasteiger partial charge in [-0.2, -0.15) is 0 Å². The highest BCUT2D eigenvalue weighted by atomic mass is 31.2. The molecule has 0 bridgehead atoms. The van der Waals surface area contributed by atoms with E-state index in [0.29, 0.717) is 39.6 Å². The van der Waals surface area contributed by atoms with Crippen molar-refractivity contribution in [1.82, 2.24) is 4.98 Å². The molecule has 3 N–H and O–H groups in total. The van der Waals surface area contributed by atoms with Gasteiger partial charge in [-0.15, -0.1) is 4.67 Å². The fourth-order valence-electron chi connectivity index (χ4n) is 4.13. The van der Waals surface area contributed by atoms with E-state index in [4.69, 9.17) is 33.5 Å². The van der Waals surface area contributed by atoms with Crippen molar-refractivity contribution in [3.05, 3.63) is 59.8 Å². The van der Waals surface area contributed by atoms with E-state index in [9.17, 15) is 9.69 Å². The summed E-state index contributed by atoms with van der Waals surface area (Å²) in [5, 5.41) is 9.52. The van der Waals surface area contributed by atoms with Crippen molar-refractivity contribution in [2.24, 2.45) is 0 Å². The Morgan fingerprint density at radius 1 is 0.789 bits per heavy atom. The van der Waals surface area contributed by atoms with Crippen LogP contribution < -0.4 is 28.2 Å². The Morgan fingerprint density at radius 2 is 1.47 bits per heavy atom. The van der Waals surface area contributed by atoms with Gasteiger partial charge in [-0.1, -0.05) is 6.07 Å². The molecule has 4 rings (SSSR count). The molecule has 0 radical (unpaired) electrons. The highest BCUT2D eigenvalue weighted by molar-refractivity contribution is 7.40. The molecule has 12 heteroatoms. The van der Waals surface area contributed by atoms with Gasteiger partial charge in [0.2, 0.25) is 11.5 Å². The Bertz CT molecular complexity index is 1440. The fourth-order valence-corrected chi connectivity index (χ4v) is 4.48. The molecule has 0 saturated heterocycles. The van der Waals surface area contributed by atoms with E-state index in [1.807, 2.05) is 6.07 Å². The number of H-pyrrole nitrogens is 1. The lowest BCUT2D eigenvalue weighted by molar-refractivity contribution is -0.144. The molecule has 0 fully saturated rings. The number of nitrogens with one attached hydrogen (secondary N) is 1. The largest absolute Gasteiger partial charge is 0.497 e. The number of aromatic amines is 1. The summed E-state index contributed by atoms with van der Waals surface area (Å²) in [5.41, 5.74) is 2.33. The number of carbonyl (C=O) groups excluding carboxylic acids is 1. The zero-order chi connectivity index (χ0) is 27.4. The minimum Gasteiger partial charge on any atom is -0.497 e. The smallest absolute Gasteiger partial charge is 0.424 e. The van der Waals surface area contributed by atoms with Crippen LogP contribution in [-0.4, -0.2) is 56.5 Å². The molecule has 1 aromatic heterocycles. The number of carbonyl (C=O) groups is 1. The van der Waals surface area contributed by atoms with Crippen LogP contribution in [0.2, 0.25) is 0 Å². The number of ether oxygens (including phenoxy) is 5. The first-order valence-corrected chi connectivity index (χ1v) is 12.2. The van der Waals surface area contributed by atoms with Crippen molar-refractivity contribution < 1.29 is 47.8 Å². The predicted molar refractivity (Wildman–Crippen MR) is 140 cm³/mol. The zero-order valence-electron chi connectivity index (χ0n) is 21.2. The van der Waals surface area contributed by atoms with Gasteiger partial charge in [0.05, 0.1) is 46.8 Å². The number of hydrogen-bond acceptors (Lipinski definition) is 10. The van der Waals surface area contributed by atoms with E-state index in [-0.39, 0.29) is 28.5 Å². The number of rotatable bonds is 11. The monoisotopic (exact) mass is 543 g/mol. The van der Waals surface area contributed by atoms with Gasteiger partial charge < -0.3 is 38.1 Å². The normalized spacial score (nSPS) is 11.7. The Balaban J connectivity index is 1.95. The molecule has 38 heavy (non-hydrogen) atoms. The maximum atomic E-state index is 14.0. The quantitative estimate of drug-likeness (QED) is 0.100. The summed E-state index contributed by atoms with van der Waals surface area (Å²) in [7, 11) is 4.79. The van der Waals surface area contributed by atoms with Crippen molar-refractivity contribution in [1.29, 1.82) is 0 Å². The van der Waals surface area contributed by atoms with Gasteiger partial charge in [0.1, 0.15) is 5.75 Å². The third-order valence-corrected chi connectivity index (χ3v) is 6.35. The molecule has 0 aliphatic heterocycles. The molecule has 11 nitrogen and oxygen atoms in total. The van der Waals surface area contributed by atoms with Gasteiger partial charge in [0.15, 0.2) is 23.0 Å². The minimum absolute atomic E-state index is 0.0988. The van der Waals surface area contributed by atoms with Crippen molar-refractivity contribution in [2.45, 2.75) is 0 Å². The lowest BCUT2D eigenvalue weighted by Gasteiger charge is -2.15. The SMILES string of the molecule is COc1ccc2c(-c3ccc(OC)c(OP(O)OO)c3)c(C(=O)c3cc(OC)c(OC)c(OC)c3)[nH]c2c1. The van der Waals surface area contributed by atoms with Gasteiger partial charge in [0, 0.05) is 22.6 Å². The van der Waals surface area contributed by atoms with Crippen molar-refractivity contribution >= 4 is 25.3 Å². The van der Waals surface area contributed by atoms with Crippen LogP contribution in [0, 0.1) is 0 Å². The second-order valence-corrected chi connectivity index (χ2v) is 8.63. The number of hydrogen-bond donors (Lipinski definition) is 3. The fraction of sp³-hybridized carbons (Fsp3) is 0.192. The van der Waals surface area contributed by atoms with Crippen LogP contribution in [0.5, 0.6) is 34.5 Å². The maximum Gasteiger partial charge on any atom is 0.424 e. The first-order valence-electron chi connectivity index (χ1n) is 11.1. The Labute approximate surface area is 219 Å². The Morgan fingerprint density at radius 3 is 2.05 bits per heavy atom. The summed E-state index contributed by atoms with van der Waals surface area (Å²) in [6, 6.07) is 13.4. The topological polar surface area (TPSA) is 138 Å². The third kappa shape index (κ3) is 5.05. The number of fused-ring (bicyclic) bond motifs is 1. The Kier molecular flexibility index (Phi) is 8.23. The van der Waals surface area contributed by atoms with E-state index >= 15 is 0 Å². The number of methoxy groups -OCH3 is 5. The lowest BCUT2D eigenvalue weighted by atomic mass is 9.97. The molecule has 3 aromatic carbocycles. The molecule has 1 atom stereocenters. The number of aromatic nitrogens is 1. The second-order valence-electron chi connectivity index (χ2n) is 7.81. The van der Waals surface area contributed by atoms with Gasteiger partial charge in [-0.05, 0) is 42.0 Å². The first kappa shape index (κ1) is 27.0. The van der Waals surface area contributed by atoms with Crippen molar-refractivity contribution in [3.8, 4) is 45.6 Å². The summed E-state index contributed by atoms with van der Waals surface area (Å²) < 4.78 is 36.1. The molecule has 1 unspecified atom stereocenters. The number of benzene rings is 3. The van der Waals surface area contributed by atoms with Crippen LogP contribution in [0.3, 0.4) is 0 Å². The summed E-state index contributed by atoms with van der Waals surface area (Å²) >= 11 is 0. The van der Waals surface area contributed by atoms with E-state index < -0.39 is 8.60 Å². The van der Waals surface area contributed by atoms with Crippen LogP contribution in [0.25, 0.3) is 22.0 Å². The standard InChI is InChI=1S/C26H26NO10P/c1-31-16-7-8-17-18(13-16)27-24(25(28)15-11-21(33-3)26(35-5)22(12-15)34-4)23(17)14-6-9-19(32-2)20(10-14)36-38(30)37-29/h6-13,27,29-30H,1-5H3. The highest BCUT2D eigenvalue weighted by Gasteiger charge is 2.25. The third-order valence-electron chi connectivity index (χ3n) is 5.86. The zero-order valence-corrected chi connectivity index (χ0v) is 22.1. The van der Waals surface area contributed by atoms with E-state index in [0.717, 1.165) is 5.39 Å². The molecule has 0 aliphatic rings. The lowest BCUT2D eigenvalue weighted by Crippen LogP contribution is -2.06. The van der Waals surface area contributed by atoms with Crippen molar-refractivity contribution in [2.75, 3.05) is 35.5 Å². The summed E-state index contributed by atoms with van der Waals surface area (Å²) in [5.74, 6) is 1.65. The van der Waals surface area contributed by atoms with E-state index in [2.05, 4.69) is 9.66 Å². The van der Waals surface area contributed by atoms with Gasteiger partial charge >= 0.3 is 8.60 Å². The maximum absolute atomic E-state index is 14.0. The van der Waals surface area contributed by atoms with Crippen LogP contribution in [0.15, 0.2) is 48.5 Å². The minimum atomic E-state index is -2.62. The molecule has 4 aromatic rings. The van der Waals surface area contributed by atoms with Crippen LogP contribution in [0.1, 0.15) is 16.1 Å². The molecule has 1 heterocycles. The summed E-state index contributed by atoms with van der Waals surface area (Å²) in [6.45, 7) is 0. The van der Waals surface area contributed by atoms with Gasteiger partial charge in [-0.25, -0.2) is 5.26 Å². The molecule has 0 amide bonds. The van der Waals surface area contributed by atoms with Gasteiger partial charge in [0.25, 0.3) is 0 Å².